The first-order chi connectivity index (χ1) is 9.10. The lowest BCUT2D eigenvalue weighted by atomic mass is 10.0. The Bertz CT molecular complexity index is 522. The molecule has 0 aromatic heterocycles. The summed E-state index contributed by atoms with van der Waals surface area (Å²) in [7, 11) is 0. The Labute approximate surface area is 117 Å². The second kappa shape index (κ2) is 6.00. The smallest absolute Gasteiger partial charge is 0.412 e. The van der Waals surface area contributed by atoms with Gasteiger partial charge < -0.3 is 10.5 Å². The third-order valence-corrected chi connectivity index (χ3v) is 2.29. The van der Waals surface area contributed by atoms with Gasteiger partial charge in [0.15, 0.2) is 5.78 Å². The first-order valence-electron chi connectivity index (χ1n) is 6.19. The van der Waals surface area contributed by atoms with Gasteiger partial charge in [0.1, 0.15) is 11.4 Å². The number of nitrogens with two attached hydrogens (primary N) is 1. The van der Waals surface area contributed by atoms with E-state index < -0.39 is 29.3 Å². The Morgan fingerprint density at radius 3 is 2.45 bits per heavy atom. The number of hydrogen-bond donors (Lipinski definition) is 2. The van der Waals surface area contributed by atoms with Crippen LogP contribution in [0.2, 0.25) is 0 Å². The molecule has 0 aliphatic heterocycles. The van der Waals surface area contributed by atoms with Crippen LogP contribution in [0.1, 0.15) is 38.1 Å². The normalized spacial score (nSPS) is 12.7. The summed E-state index contributed by atoms with van der Waals surface area (Å²) in [4.78, 5) is 23.3. The molecule has 0 saturated heterocycles. The Balaban J connectivity index is 2.91. The average Bonchev–Trinajstić information content (AvgIpc) is 2.28. The lowest BCUT2D eigenvalue weighted by Crippen LogP contribution is -2.28. The molecule has 20 heavy (non-hydrogen) atoms. The summed E-state index contributed by atoms with van der Waals surface area (Å²) in [5.41, 5.74) is 4.91. The molecule has 5 nitrogen and oxygen atoms in total. The topological polar surface area (TPSA) is 81.4 Å². The van der Waals surface area contributed by atoms with Crippen molar-refractivity contribution in [2.24, 2.45) is 5.73 Å². The van der Waals surface area contributed by atoms with Crippen molar-refractivity contribution < 1.29 is 18.7 Å². The number of rotatable bonds is 3. The van der Waals surface area contributed by atoms with E-state index in [2.05, 4.69) is 5.32 Å². The molecular weight excluding hydrogens is 263 g/mol. The largest absolute Gasteiger partial charge is 0.444 e. The molecule has 0 fully saturated rings. The summed E-state index contributed by atoms with van der Waals surface area (Å²) in [6.07, 6.45) is -0.677. The van der Waals surface area contributed by atoms with Crippen LogP contribution in [0.4, 0.5) is 14.9 Å². The molecule has 1 amide bonds. The van der Waals surface area contributed by atoms with Crippen molar-refractivity contribution in [3.8, 4) is 0 Å². The minimum Gasteiger partial charge on any atom is -0.444 e. The summed E-state index contributed by atoms with van der Waals surface area (Å²) >= 11 is 0. The predicted molar refractivity (Wildman–Crippen MR) is 74.2 cm³/mol. The number of nitrogens with one attached hydrogen (secondary N) is 1. The van der Waals surface area contributed by atoms with Crippen LogP contribution in [0.3, 0.4) is 0 Å². The minimum atomic E-state index is -0.818. The lowest BCUT2D eigenvalue weighted by Gasteiger charge is -2.19. The van der Waals surface area contributed by atoms with E-state index >= 15 is 0 Å². The number of benzene rings is 1. The van der Waals surface area contributed by atoms with E-state index in [1.807, 2.05) is 0 Å². The second-order valence-electron chi connectivity index (χ2n) is 5.47. The molecule has 1 unspecified atom stereocenters. The van der Waals surface area contributed by atoms with Crippen LogP contribution in [-0.2, 0) is 4.74 Å². The van der Waals surface area contributed by atoms with Gasteiger partial charge in [0.25, 0.3) is 0 Å². The quantitative estimate of drug-likeness (QED) is 0.835. The van der Waals surface area contributed by atoms with Crippen LogP contribution in [0.5, 0.6) is 0 Å². The van der Waals surface area contributed by atoms with Crippen molar-refractivity contribution in [2.45, 2.75) is 39.3 Å². The summed E-state index contributed by atoms with van der Waals surface area (Å²) in [5.74, 6) is -1.21. The maximum atomic E-state index is 13.6. The Morgan fingerprint density at radius 1 is 1.35 bits per heavy atom. The molecule has 1 aromatic carbocycles. The Morgan fingerprint density at radius 2 is 1.95 bits per heavy atom. The summed E-state index contributed by atoms with van der Waals surface area (Å²) < 4.78 is 18.6. The van der Waals surface area contributed by atoms with Gasteiger partial charge >= 0.3 is 6.09 Å². The zero-order chi connectivity index (χ0) is 15.5. The van der Waals surface area contributed by atoms with Crippen molar-refractivity contribution in [2.75, 3.05) is 5.32 Å². The van der Waals surface area contributed by atoms with E-state index in [0.29, 0.717) is 0 Å². The molecule has 1 atom stereocenters. The number of ether oxygens (including phenoxy) is 1. The highest BCUT2D eigenvalue weighted by atomic mass is 19.1. The molecule has 0 aliphatic carbocycles. The number of carbonyl (C=O) groups is 2. The molecule has 0 saturated carbocycles. The van der Waals surface area contributed by atoms with Crippen LogP contribution in [-0.4, -0.2) is 23.5 Å². The number of hydrogen-bond acceptors (Lipinski definition) is 4. The summed E-state index contributed by atoms with van der Waals surface area (Å²) in [6, 6.07) is 2.87. The molecular formula is C14H19FN2O3. The molecule has 0 aliphatic rings. The number of Topliss-reactive ketones (excluding diaryl/α,β-unsaturated/α-hetero) is 1. The third-order valence-electron chi connectivity index (χ3n) is 2.29. The van der Waals surface area contributed by atoms with E-state index in [4.69, 9.17) is 10.5 Å². The van der Waals surface area contributed by atoms with Gasteiger partial charge in [-0.15, -0.1) is 0 Å². The van der Waals surface area contributed by atoms with E-state index in [1.54, 1.807) is 20.8 Å². The van der Waals surface area contributed by atoms with E-state index in [9.17, 15) is 14.0 Å². The molecule has 1 rings (SSSR count). The first kappa shape index (κ1) is 16.1. The van der Waals surface area contributed by atoms with E-state index in [0.717, 1.165) is 6.07 Å². The van der Waals surface area contributed by atoms with E-state index in [-0.39, 0.29) is 11.3 Å². The molecule has 110 valence electrons. The fourth-order valence-corrected chi connectivity index (χ4v) is 1.46. The molecule has 3 N–H and O–H groups in total. The highest BCUT2D eigenvalue weighted by Crippen LogP contribution is 2.17. The maximum absolute atomic E-state index is 13.6. The van der Waals surface area contributed by atoms with Crippen molar-refractivity contribution in [3.05, 3.63) is 29.6 Å². The first-order valence-corrected chi connectivity index (χ1v) is 6.19. The minimum absolute atomic E-state index is 0.159. The van der Waals surface area contributed by atoms with Crippen LogP contribution in [0.15, 0.2) is 18.2 Å². The van der Waals surface area contributed by atoms with Gasteiger partial charge in [-0.3, -0.25) is 10.1 Å². The molecule has 1 aromatic rings. The Hall–Kier alpha value is -1.95. The molecule has 0 radical (unpaired) electrons. The number of amides is 1. The van der Waals surface area contributed by atoms with Gasteiger partial charge in [-0.05, 0) is 45.9 Å². The fraction of sp³-hybridized carbons (Fsp3) is 0.429. The maximum Gasteiger partial charge on any atom is 0.412 e. The summed E-state index contributed by atoms with van der Waals surface area (Å²) in [5, 5.41) is 2.44. The van der Waals surface area contributed by atoms with Crippen molar-refractivity contribution in [1.82, 2.24) is 0 Å². The van der Waals surface area contributed by atoms with Crippen LogP contribution in [0, 0.1) is 5.82 Å². The van der Waals surface area contributed by atoms with Gasteiger partial charge in [-0.1, -0.05) is 0 Å². The van der Waals surface area contributed by atoms with Gasteiger partial charge in [0, 0.05) is 5.69 Å². The number of ketones is 1. The lowest BCUT2D eigenvalue weighted by molar-refractivity contribution is 0.0635. The Kier molecular flexibility index (Phi) is 4.83. The zero-order valence-corrected chi connectivity index (χ0v) is 12.0. The number of carbonyl (C=O) groups excluding carboxylic acids is 2. The predicted octanol–water partition coefficient (Wildman–Crippen LogP) is 2.70. The van der Waals surface area contributed by atoms with Crippen LogP contribution >= 0.6 is 0 Å². The standard InChI is InChI=1S/C14H19FN2O3/c1-8(16)12(18)10-7-9(5-6-11(10)15)17-13(19)20-14(2,3)4/h5-8H,16H2,1-4H3,(H,17,19). The average molecular weight is 282 g/mol. The van der Waals surface area contributed by atoms with E-state index in [1.165, 1.54) is 19.1 Å². The SMILES string of the molecule is CC(N)C(=O)c1cc(NC(=O)OC(C)(C)C)ccc1F. The monoisotopic (exact) mass is 282 g/mol. The third kappa shape index (κ3) is 4.62. The van der Waals surface area contributed by atoms with Crippen molar-refractivity contribution >= 4 is 17.6 Å². The molecule has 0 spiro atoms. The fourth-order valence-electron chi connectivity index (χ4n) is 1.46. The van der Waals surface area contributed by atoms with Crippen molar-refractivity contribution in [1.29, 1.82) is 0 Å². The highest BCUT2D eigenvalue weighted by Gasteiger charge is 2.19. The summed E-state index contributed by atoms with van der Waals surface area (Å²) in [6.45, 7) is 6.64. The van der Waals surface area contributed by atoms with Crippen molar-refractivity contribution in [3.63, 3.8) is 0 Å². The highest BCUT2D eigenvalue weighted by molar-refractivity contribution is 6.01. The van der Waals surface area contributed by atoms with Crippen LogP contribution in [0.25, 0.3) is 0 Å². The number of anilines is 1. The van der Waals surface area contributed by atoms with Gasteiger partial charge in [-0.2, -0.15) is 0 Å². The molecule has 0 heterocycles. The van der Waals surface area contributed by atoms with Gasteiger partial charge in [-0.25, -0.2) is 9.18 Å². The molecule has 0 bridgehead atoms. The zero-order valence-electron chi connectivity index (χ0n) is 12.0. The van der Waals surface area contributed by atoms with Gasteiger partial charge in [0.05, 0.1) is 11.6 Å². The number of halogens is 1. The van der Waals surface area contributed by atoms with Crippen LogP contribution < -0.4 is 11.1 Å². The molecule has 6 heteroatoms. The second-order valence-corrected chi connectivity index (χ2v) is 5.47. The van der Waals surface area contributed by atoms with Gasteiger partial charge in [0.2, 0.25) is 0 Å².